The Morgan fingerprint density at radius 2 is 0.908 bits per heavy atom. The summed E-state index contributed by atoms with van der Waals surface area (Å²) in [5.74, 6) is 1.42. The molecule has 362 valence electrons. The quantitative estimate of drug-likeness (QED) is 0.0924. The van der Waals surface area contributed by atoms with Crippen molar-refractivity contribution in [2.75, 3.05) is 14.2 Å². The Labute approximate surface area is 446 Å². The molecule has 0 spiro atoms. The fourth-order valence-corrected chi connectivity index (χ4v) is 12.3. The third kappa shape index (κ3) is 8.32. The van der Waals surface area contributed by atoms with E-state index in [4.69, 9.17) is 19.4 Å². The standard InChI is InChI=1S/C62H42B2N6O4S2/c1-66-56(62-68-51-37-48(74-3)33-35-53(51)76-62)60-55-54(57(39-24-28-45(71)29-25-39)70(60)64(43-20-12-6-13-21-43)44-22-14-7-15-23-44)59(49(38-65)61-67-50-36-47(73-2)32-34-52(50)75-61)69(58(55)40-26-30-46(72)31-27-40)63(41-16-8-4-9-17-41)42-18-10-5-11-19-42/h4-37,71-72H,2-3H3/b59-49-,60-56+. The van der Waals surface area contributed by atoms with Gasteiger partial charge >= 0.3 is 13.7 Å². The van der Waals surface area contributed by atoms with Crippen molar-refractivity contribution in [2.24, 2.45) is 0 Å². The smallest absolute Gasteiger partial charge is 0.328 e. The molecule has 0 radical (unpaired) electrons. The van der Waals surface area contributed by atoms with Gasteiger partial charge < -0.3 is 28.6 Å². The van der Waals surface area contributed by atoms with Crippen molar-refractivity contribution in [3.63, 3.8) is 0 Å². The summed E-state index contributed by atoms with van der Waals surface area (Å²) in [5, 5.41) is 37.7. The van der Waals surface area contributed by atoms with Crippen molar-refractivity contribution in [2.45, 2.75) is 0 Å². The van der Waals surface area contributed by atoms with Crippen LogP contribution in [0.3, 0.4) is 0 Å². The van der Waals surface area contributed by atoms with Gasteiger partial charge in [-0.25, -0.2) is 14.8 Å². The zero-order valence-corrected chi connectivity index (χ0v) is 42.6. The van der Waals surface area contributed by atoms with Gasteiger partial charge in [0.1, 0.15) is 44.7 Å². The molecule has 0 saturated carbocycles. The second-order valence-electron chi connectivity index (χ2n) is 18.1. The molecular formula is C62H42B2N6O4S2. The van der Waals surface area contributed by atoms with Crippen LogP contribution in [0.2, 0.25) is 0 Å². The highest BCUT2D eigenvalue weighted by molar-refractivity contribution is 7.20. The Morgan fingerprint density at radius 3 is 1.30 bits per heavy atom. The first-order valence-corrected chi connectivity index (χ1v) is 26.0. The van der Waals surface area contributed by atoms with Gasteiger partial charge in [-0.3, -0.25) is 0 Å². The van der Waals surface area contributed by atoms with Crippen molar-refractivity contribution in [1.29, 1.82) is 5.26 Å². The van der Waals surface area contributed by atoms with Crippen LogP contribution in [-0.4, -0.2) is 57.1 Å². The van der Waals surface area contributed by atoms with Crippen LogP contribution in [0, 0.1) is 17.9 Å². The van der Waals surface area contributed by atoms with E-state index in [1.807, 2.05) is 133 Å². The van der Waals surface area contributed by atoms with Crippen LogP contribution in [-0.2, 0) is 0 Å². The number of rotatable bonds is 12. The molecule has 0 atom stereocenters. The van der Waals surface area contributed by atoms with Crippen molar-refractivity contribution < 1.29 is 19.7 Å². The summed E-state index contributed by atoms with van der Waals surface area (Å²) in [5.41, 5.74) is 8.42. The second kappa shape index (κ2) is 20.0. The highest BCUT2D eigenvalue weighted by atomic mass is 32.1. The molecule has 4 heterocycles. The van der Waals surface area contributed by atoms with Crippen LogP contribution in [0.1, 0.15) is 10.0 Å². The first-order valence-electron chi connectivity index (χ1n) is 24.4. The van der Waals surface area contributed by atoms with Gasteiger partial charge in [-0.05, 0) is 83.9 Å². The van der Waals surface area contributed by atoms with E-state index in [9.17, 15) is 22.0 Å². The van der Waals surface area contributed by atoms with E-state index >= 15 is 0 Å². The number of thiazole rings is 2. The lowest BCUT2D eigenvalue weighted by Crippen LogP contribution is -2.54. The number of hydrogen-bond donors (Lipinski definition) is 2. The molecule has 12 aromatic rings. The topological polar surface area (TPSA) is 123 Å². The van der Waals surface area contributed by atoms with Crippen LogP contribution in [0.25, 0.3) is 69.8 Å². The highest BCUT2D eigenvalue weighted by Gasteiger charge is 2.37. The number of ether oxygens (including phenoxy) is 2. The maximum Gasteiger partial charge on any atom is 0.328 e. The fraction of sp³-hybridized carbons (Fsp3) is 0.0323. The van der Waals surface area contributed by atoms with Crippen molar-refractivity contribution in [3.05, 3.63) is 238 Å². The van der Waals surface area contributed by atoms with E-state index < -0.39 is 13.7 Å². The third-order valence-electron chi connectivity index (χ3n) is 13.7. The molecule has 0 amide bonds. The maximum atomic E-state index is 12.2. The van der Waals surface area contributed by atoms with Crippen molar-refractivity contribution in [3.8, 4) is 51.6 Å². The third-order valence-corrected chi connectivity index (χ3v) is 15.8. The summed E-state index contributed by atoms with van der Waals surface area (Å²) < 4.78 is 17.6. The molecule has 0 saturated heterocycles. The molecule has 14 heteroatoms. The van der Waals surface area contributed by atoms with Gasteiger partial charge in [0.25, 0.3) is 0 Å². The van der Waals surface area contributed by atoms with E-state index in [0.29, 0.717) is 82.1 Å². The van der Waals surface area contributed by atoms with Crippen molar-refractivity contribution in [1.82, 2.24) is 18.9 Å². The number of aromatic hydroxyl groups is 2. The molecule has 12 rings (SSSR count). The average Bonchev–Trinajstić information content (AvgIpc) is 4.40. The number of aromatic nitrogens is 4. The van der Waals surface area contributed by atoms with Crippen LogP contribution in [0.4, 0.5) is 0 Å². The number of fused-ring (bicyclic) bond motifs is 3. The summed E-state index contributed by atoms with van der Waals surface area (Å²) in [6.45, 7) is 8.30. The van der Waals surface area contributed by atoms with Gasteiger partial charge in [-0.1, -0.05) is 143 Å². The summed E-state index contributed by atoms with van der Waals surface area (Å²) >= 11 is 2.83. The summed E-state index contributed by atoms with van der Waals surface area (Å²) in [4.78, 5) is 15.1. The molecule has 0 fully saturated rings. The molecule has 8 aromatic carbocycles. The zero-order valence-electron chi connectivity index (χ0n) is 41.0. The Hall–Kier alpha value is -9.59. The van der Waals surface area contributed by atoms with Gasteiger partial charge in [0.2, 0.25) is 5.70 Å². The van der Waals surface area contributed by atoms with Crippen LogP contribution in [0.15, 0.2) is 206 Å². The number of phenols is 2. The summed E-state index contributed by atoms with van der Waals surface area (Å²) in [6.07, 6.45) is 0. The minimum absolute atomic E-state index is 0.0734. The molecule has 0 aliphatic heterocycles. The van der Waals surface area contributed by atoms with E-state index in [2.05, 4.69) is 68.4 Å². The van der Waals surface area contributed by atoms with E-state index in [1.165, 1.54) is 22.7 Å². The predicted octanol–water partition coefficient (Wildman–Crippen LogP) is 9.53. The number of nitrogens with zero attached hydrogens (tertiary/aromatic N) is 6. The molecule has 0 aliphatic carbocycles. The summed E-state index contributed by atoms with van der Waals surface area (Å²) in [7, 11) is 3.24. The monoisotopic (exact) mass is 1020 g/mol. The largest absolute Gasteiger partial charge is 0.508 e. The fourth-order valence-electron chi connectivity index (χ4n) is 10.4. The lowest BCUT2D eigenvalue weighted by Gasteiger charge is -2.24. The van der Waals surface area contributed by atoms with Gasteiger partial charge in [-0.2, -0.15) is 5.26 Å². The lowest BCUT2D eigenvalue weighted by molar-refractivity contribution is 0.415. The zero-order chi connectivity index (χ0) is 51.9. The number of phenolic OH excluding ortho intramolecular Hbond substituents is 2. The maximum absolute atomic E-state index is 12.2. The van der Waals surface area contributed by atoms with Gasteiger partial charge in [-0.15, -0.1) is 22.7 Å². The van der Waals surface area contributed by atoms with Crippen molar-refractivity contribution >= 4 is 101 Å². The first-order chi connectivity index (χ1) is 37.3. The molecular weight excluding hydrogens is 978 g/mol. The number of methoxy groups -OCH3 is 2. The molecule has 0 aliphatic rings. The Bertz CT molecular complexity index is 4000. The molecule has 2 N–H and O–H groups in total. The SMILES string of the molecule is [C-]#[N+]/C(c1nc2cc(OC)ccc2s1)=c1\c2c(-c3ccc(O)cc3)n(B(c3ccccc3)c3ccccc3)/c(=C(/C#N)c3nc4cc(OC)ccc4s3)c2c(-c2ccc(O)cc2)n1B(c1ccccc1)c1ccccc1. The number of benzene rings is 8. The average molecular weight is 1020 g/mol. The molecule has 0 unspecified atom stereocenters. The van der Waals surface area contributed by atoms with Crippen LogP contribution in [0.5, 0.6) is 23.0 Å². The van der Waals surface area contributed by atoms with Gasteiger partial charge in [0.05, 0.1) is 46.6 Å². The van der Waals surface area contributed by atoms with Gasteiger partial charge in [0.15, 0.2) is 0 Å². The molecule has 76 heavy (non-hydrogen) atoms. The van der Waals surface area contributed by atoms with E-state index in [1.54, 1.807) is 38.5 Å². The van der Waals surface area contributed by atoms with Gasteiger partial charge in [0, 0.05) is 39.6 Å². The normalized spacial score (nSPS) is 12.1. The Morgan fingerprint density at radius 1 is 0.526 bits per heavy atom. The predicted molar refractivity (Wildman–Crippen MR) is 310 cm³/mol. The first kappa shape index (κ1) is 47.4. The number of nitriles is 1. The Kier molecular flexibility index (Phi) is 12.5. The van der Waals surface area contributed by atoms with Crippen LogP contribution >= 0.6 is 22.7 Å². The second-order valence-corrected chi connectivity index (χ2v) is 20.1. The minimum Gasteiger partial charge on any atom is -0.508 e. The lowest BCUT2D eigenvalue weighted by atomic mass is 9.50. The molecule has 0 bridgehead atoms. The van der Waals surface area contributed by atoms with Crippen LogP contribution < -0.4 is 42.0 Å². The minimum atomic E-state index is -0.592. The Balaban J connectivity index is 1.44. The highest BCUT2D eigenvalue weighted by Crippen LogP contribution is 2.39. The van der Waals surface area contributed by atoms with E-state index in [0.717, 1.165) is 31.3 Å². The molecule has 4 aromatic heterocycles. The number of hydrogen-bond acceptors (Lipinski definition) is 9. The summed E-state index contributed by atoms with van der Waals surface area (Å²) in [6, 6.07) is 69.3. The van der Waals surface area contributed by atoms with E-state index in [-0.39, 0.29) is 17.2 Å². The molecule has 10 nitrogen and oxygen atoms in total.